The Bertz CT molecular complexity index is 545. The molecule has 0 spiro atoms. The maximum atomic E-state index is 6.04. The molecule has 1 aliphatic rings. The van der Waals surface area contributed by atoms with Crippen molar-refractivity contribution in [3.63, 3.8) is 0 Å². The molecule has 0 unspecified atom stereocenters. The smallest absolute Gasteiger partial charge is 0.257 e. The lowest BCUT2D eigenvalue weighted by atomic mass is 10.1. The van der Waals surface area contributed by atoms with E-state index >= 15 is 0 Å². The molecule has 3 heterocycles. The molecule has 0 saturated carbocycles. The van der Waals surface area contributed by atoms with E-state index in [4.69, 9.17) is 10.5 Å². The number of ether oxygens (including phenoxy) is 1. The third-order valence-electron chi connectivity index (χ3n) is 3.64. The first kappa shape index (κ1) is 12.3. The monoisotopic (exact) mass is 260 g/mol. The van der Waals surface area contributed by atoms with E-state index in [2.05, 4.69) is 10.00 Å². The van der Waals surface area contributed by atoms with Crippen LogP contribution in [-0.2, 0) is 0 Å². The largest absolute Gasteiger partial charge is 0.474 e. The van der Waals surface area contributed by atoms with Gasteiger partial charge >= 0.3 is 0 Å². The van der Waals surface area contributed by atoms with Crippen molar-refractivity contribution in [2.45, 2.75) is 19.3 Å². The van der Waals surface area contributed by atoms with Crippen LogP contribution in [0.25, 0.3) is 5.52 Å². The van der Waals surface area contributed by atoms with E-state index < -0.39 is 0 Å². The first-order chi connectivity index (χ1) is 9.34. The van der Waals surface area contributed by atoms with Gasteiger partial charge in [-0.2, -0.15) is 0 Å². The van der Waals surface area contributed by atoms with Crippen LogP contribution in [0.5, 0.6) is 5.88 Å². The van der Waals surface area contributed by atoms with Gasteiger partial charge in [0.15, 0.2) is 0 Å². The second kappa shape index (κ2) is 5.48. The average molecular weight is 260 g/mol. The summed E-state index contributed by atoms with van der Waals surface area (Å²) in [7, 11) is 0. The van der Waals surface area contributed by atoms with Crippen LogP contribution < -0.4 is 10.5 Å². The fourth-order valence-corrected chi connectivity index (χ4v) is 2.56. The zero-order valence-corrected chi connectivity index (χ0v) is 11.1. The summed E-state index contributed by atoms with van der Waals surface area (Å²) in [6.45, 7) is 3.97. The van der Waals surface area contributed by atoms with E-state index in [0.717, 1.165) is 12.1 Å². The molecule has 1 fully saturated rings. The predicted octanol–water partition coefficient (Wildman–Crippen LogP) is 1.78. The van der Waals surface area contributed by atoms with Crippen molar-refractivity contribution in [2.75, 3.05) is 32.0 Å². The van der Waals surface area contributed by atoms with E-state index in [-0.39, 0.29) is 0 Å². The summed E-state index contributed by atoms with van der Waals surface area (Å²) in [6, 6.07) is 5.82. The van der Waals surface area contributed by atoms with Gasteiger partial charge in [-0.3, -0.25) is 4.90 Å². The van der Waals surface area contributed by atoms with Gasteiger partial charge < -0.3 is 10.5 Å². The zero-order valence-electron chi connectivity index (χ0n) is 11.1. The minimum Gasteiger partial charge on any atom is -0.474 e. The Labute approximate surface area is 112 Å². The number of piperidine rings is 1. The van der Waals surface area contributed by atoms with Gasteiger partial charge in [0.2, 0.25) is 0 Å². The number of nitrogens with two attached hydrogens (primary N) is 1. The highest BCUT2D eigenvalue weighted by Crippen LogP contribution is 2.24. The van der Waals surface area contributed by atoms with Gasteiger partial charge in [-0.15, -0.1) is 5.10 Å². The van der Waals surface area contributed by atoms with Crippen LogP contribution in [0.15, 0.2) is 24.4 Å². The van der Waals surface area contributed by atoms with E-state index in [1.807, 2.05) is 24.4 Å². The summed E-state index contributed by atoms with van der Waals surface area (Å²) in [5.41, 5.74) is 7.56. The number of nitrogens with zero attached hydrogens (tertiary/aromatic N) is 3. The molecule has 0 radical (unpaired) electrons. The molecule has 0 amide bonds. The highest BCUT2D eigenvalue weighted by Gasteiger charge is 2.12. The third-order valence-corrected chi connectivity index (χ3v) is 3.64. The molecule has 2 aromatic rings. The molecule has 0 atom stereocenters. The van der Waals surface area contributed by atoms with Crippen molar-refractivity contribution in [1.82, 2.24) is 14.5 Å². The summed E-state index contributed by atoms with van der Waals surface area (Å²) in [5.74, 6) is 0.545. The lowest BCUT2D eigenvalue weighted by molar-refractivity contribution is 0.180. The Balaban J connectivity index is 1.60. The van der Waals surface area contributed by atoms with Gasteiger partial charge in [-0.05, 0) is 38.1 Å². The molecule has 5 heteroatoms. The summed E-state index contributed by atoms with van der Waals surface area (Å²) in [4.78, 5) is 2.44. The molecule has 102 valence electrons. The first-order valence-electron chi connectivity index (χ1n) is 6.92. The van der Waals surface area contributed by atoms with Gasteiger partial charge in [0, 0.05) is 12.7 Å². The highest BCUT2D eigenvalue weighted by atomic mass is 16.5. The van der Waals surface area contributed by atoms with Crippen molar-refractivity contribution in [1.29, 1.82) is 0 Å². The van der Waals surface area contributed by atoms with Crippen LogP contribution in [0.1, 0.15) is 19.3 Å². The Hall–Kier alpha value is -1.75. The van der Waals surface area contributed by atoms with Gasteiger partial charge in [0.1, 0.15) is 12.3 Å². The number of rotatable bonds is 4. The van der Waals surface area contributed by atoms with Crippen LogP contribution in [0.4, 0.5) is 5.69 Å². The van der Waals surface area contributed by atoms with Crippen molar-refractivity contribution < 1.29 is 4.74 Å². The van der Waals surface area contributed by atoms with E-state index in [1.54, 1.807) is 4.52 Å². The topological polar surface area (TPSA) is 55.8 Å². The molecule has 0 bridgehead atoms. The van der Waals surface area contributed by atoms with Crippen molar-refractivity contribution in [3.05, 3.63) is 24.4 Å². The molecular weight excluding hydrogens is 240 g/mol. The molecule has 5 nitrogen and oxygen atoms in total. The maximum Gasteiger partial charge on any atom is 0.257 e. The Morgan fingerprint density at radius 2 is 2.05 bits per heavy atom. The number of hydrogen-bond donors (Lipinski definition) is 1. The number of nitrogen functional groups attached to an aromatic ring is 1. The van der Waals surface area contributed by atoms with Gasteiger partial charge in [0.05, 0.1) is 5.52 Å². The summed E-state index contributed by atoms with van der Waals surface area (Å²) >= 11 is 0. The molecule has 2 aromatic heterocycles. The standard InChI is InChI=1S/C14H20N4O/c15-13-12-6-2-5-9-18(12)16-14(13)19-11-10-17-7-3-1-4-8-17/h2,5-6,9H,1,3-4,7-8,10-11,15H2. The lowest BCUT2D eigenvalue weighted by Gasteiger charge is -2.25. The number of aromatic nitrogens is 2. The number of anilines is 1. The maximum absolute atomic E-state index is 6.04. The van der Waals surface area contributed by atoms with Crippen LogP contribution in [0.2, 0.25) is 0 Å². The molecule has 19 heavy (non-hydrogen) atoms. The average Bonchev–Trinajstić information content (AvgIpc) is 2.78. The van der Waals surface area contributed by atoms with Crippen LogP contribution in [-0.4, -0.2) is 40.8 Å². The number of likely N-dealkylation sites (tertiary alicyclic amines) is 1. The van der Waals surface area contributed by atoms with Gasteiger partial charge in [0.25, 0.3) is 5.88 Å². The van der Waals surface area contributed by atoms with E-state index in [0.29, 0.717) is 18.2 Å². The highest BCUT2D eigenvalue weighted by molar-refractivity contribution is 5.74. The van der Waals surface area contributed by atoms with Crippen LogP contribution in [0, 0.1) is 0 Å². The molecule has 1 saturated heterocycles. The SMILES string of the molecule is Nc1c(OCCN2CCCCC2)nn2ccccc12. The van der Waals surface area contributed by atoms with Crippen molar-refractivity contribution in [3.8, 4) is 5.88 Å². The number of hydrogen-bond acceptors (Lipinski definition) is 4. The van der Waals surface area contributed by atoms with Crippen molar-refractivity contribution >= 4 is 11.2 Å². The second-order valence-corrected chi connectivity index (χ2v) is 5.00. The zero-order chi connectivity index (χ0) is 13.1. The minimum atomic E-state index is 0.545. The van der Waals surface area contributed by atoms with Crippen LogP contribution in [0.3, 0.4) is 0 Å². The molecule has 1 aliphatic heterocycles. The molecule has 3 rings (SSSR count). The Morgan fingerprint density at radius 1 is 1.21 bits per heavy atom. The summed E-state index contributed by atoms with van der Waals surface area (Å²) in [6.07, 6.45) is 5.84. The second-order valence-electron chi connectivity index (χ2n) is 5.00. The van der Waals surface area contributed by atoms with E-state index in [9.17, 15) is 0 Å². The van der Waals surface area contributed by atoms with Crippen molar-refractivity contribution in [2.24, 2.45) is 0 Å². The lowest BCUT2D eigenvalue weighted by Crippen LogP contribution is -2.33. The normalized spacial score (nSPS) is 16.8. The quantitative estimate of drug-likeness (QED) is 0.910. The Kier molecular flexibility index (Phi) is 3.55. The van der Waals surface area contributed by atoms with Gasteiger partial charge in [-0.25, -0.2) is 4.52 Å². The third kappa shape index (κ3) is 2.66. The van der Waals surface area contributed by atoms with Crippen LogP contribution >= 0.6 is 0 Å². The summed E-state index contributed by atoms with van der Waals surface area (Å²) < 4.78 is 7.48. The van der Waals surface area contributed by atoms with Gasteiger partial charge in [-0.1, -0.05) is 12.5 Å². The first-order valence-corrected chi connectivity index (χ1v) is 6.92. The fraction of sp³-hybridized carbons (Fsp3) is 0.500. The molecular formula is C14H20N4O. The number of fused-ring (bicyclic) bond motifs is 1. The molecule has 0 aromatic carbocycles. The Morgan fingerprint density at radius 3 is 2.84 bits per heavy atom. The molecule has 0 aliphatic carbocycles. The minimum absolute atomic E-state index is 0.545. The molecule has 2 N–H and O–H groups in total. The summed E-state index contributed by atoms with van der Waals surface area (Å²) in [5, 5.41) is 4.35. The predicted molar refractivity (Wildman–Crippen MR) is 75.4 cm³/mol. The fourth-order valence-electron chi connectivity index (χ4n) is 2.56. The number of pyridine rings is 1. The van der Waals surface area contributed by atoms with E-state index in [1.165, 1.54) is 32.4 Å².